The molecular weight excluding hydrogens is 226 g/mol. The maximum atomic E-state index is 10.4. The number of rotatable bonds is 2. The maximum Gasteiger partial charge on any atom is 0.309 e. The molecule has 5 nitrogen and oxygen atoms in total. The summed E-state index contributed by atoms with van der Waals surface area (Å²) in [5, 5.41) is 12.4. The van der Waals surface area contributed by atoms with Crippen molar-refractivity contribution in [3.05, 3.63) is 10.2 Å². The quantitative estimate of drug-likeness (QED) is 0.775. The smallest absolute Gasteiger partial charge is 0.309 e. The summed E-state index contributed by atoms with van der Waals surface area (Å²) < 4.78 is 2.01. The number of anilines is 1. The summed E-state index contributed by atoms with van der Waals surface area (Å²) in [6, 6.07) is 0. The van der Waals surface area contributed by atoms with Gasteiger partial charge in [-0.2, -0.15) is 5.10 Å². The third-order valence-electron chi connectivity index (χ3n) is 1.45. The molecule has 66 valence electrons. The Bertz CT molecular complexity index is 321. The Labute approximate surface area is 77.3 Å². The molecule has 1 aromatic rings. The zero-order chi connectivity index (χ0) is 9.30. The lowest BCUT2D eigenvalue weighted by Crippen LogP contribution is -2.06. The number of aryl methyl sites for hydroxylation is 1. The lowest BCUT2D eigenvalue weighted by atomic mass is 10.3. The van der Waals surface area contributed by atoms with Gasteiger partial charge in [-0.15, -0.1) is 0 Å². The van der Waals surface area contributed by atoms with E-state index in [2.05, 4.69) is 21.0 Å². The highest BCUT2D eigenvalue weighted by Crippen LogP contribution is 2.22. The fourth-order valence-electron chi connectivity index (χ4n) is 0.891. The van der Waals surface area contributed by atoms with Gasteiger partial charge in [0.15, 0.2) is 5.82 Å². The molecule has 12 heavy (non-hydrogen) atoms. The number of carboxylic acids is 1. The number of carbonyl (C=O) groups is 1. The Morgan fingerprint density at radius 3 is 2.75 bits per heavy atom. The minimum absolute atomic E-state index is 0.0821. The van der Waals surface area contributed by atoms with Crippen LogP contribution in [0.15, 0.2) is 4.47 Å². The lowest BCUT2D eigenvalue weighted by Gasteiger charge is -1.96. The largest absolute Gasteiger partial charge is 0.481 e. The number of nitrogen functional groups attached to an aromatic ring is 1. The van der Waals surface area contributed by atoms with Gasteiger partial charge in [0.05, 0.1) is 16.6 Å². The highest BCUT2D eigenvalue weighted by atomic mass is 79.9. The molecule has 0 amide bonds. The first-order valence-electron chi connectivity index (χ1n) is 3.21. The van der Waals surface area contributed by atoms with Crippen LogP contribution in [0.4, 0.5) is 5.82 Å². The van der Waals surface area contributed by atoms with Gasteiger partial charge < -0.3 is 10.8 Å². The zero-order valence-corrected chi connectivity index (χ0v) is 8.00. The predicted molar refractivity (Wildman–Crippen MR) is 46.7 cm³/mol. The molecule has 0 saturated heterocycles. The molecule has 0 atom stereocenters. The standard InChI is InChI=1S/C6H8BrN3O2/c1-10-3(2-4(11)12)5(7)6(8)9-10/h2H2,1H3,(H2,8,9)(H,11,12). The van der Waals surface area contributed by atoms with Gasteiger partial charge in [0.1, 0.15) is 0 Å². The van der Waals surface area contributed by atoms with Crippen LogP contribution >= 0.6 is 15.9 Å². The van der Waals surface area contributed by atoms with E-state index in [4.69, 9.17) is 10.8 Å². The van der Waals surface area contributed by atoms with Crippen molar-refractivity contribution in [2.45, 2.75) is 6.42 Å². The summed E-state index contributed by atoms with van der Waals surface area (Å²) in [6.45, 7) is 0. The number of aromatic nitrogens is 2. The first kappa shape index (κ1) is 9.05. The molecule has 0 aliphatic rings. The van der Waals surface area contributed by atoms with E-state index in [-0.39, 0.29) is 6.42 Å². The number of nitrogens with zero attached hydrogens (tertiary/aromatic N) is 2. The van der Waals surface area contributed by atoms with Crippen LogP contribution in [0.25, 0.3) is 0 Å². The lowest BCUT2D eigenvalue weighted by molar-refractivity contribution is -0.136. The summed E-state index contributed by atoms with van der Waals surface area (Å²) in [5.41, 5.74) is 6.01. The Kier molecular flexibility index (Phi) is 2.37. The summed E-state index contributed by atoms with van der Waals surface area (Å²) in [6.07, 6.45) is -0.0821. The van der Waals surface area contributed by atoms with Gasteiger partial charge >= 0.3 is 5.97 Å². The summed E-state index contributed by atoms with van der Waals surface area (Å²) in [5.74, 6) is -0.590. The first-order valence-corrected chi connectivity index (χ1v) is 4.00. The third-order valence-corrected chi connectivity index (χ3v) is 2.31. The van der Waals surface area contributed by atoms with Gasteiger partial charge in [-0.25, -0.2) is 0 Å². The van der Waals surface area contributed by atoms with Gasteiger partial charge in [0.2, 0.25) is 0 Å². The van der Waals surface area contributed by atoms with Crippen LogP contribution in [0.5, 0.6) is 0 Å². The van der Waals surface area contributed by atoms with Crippen molar-refractivity contribution in [1.29, 1.82) is 0 Å². The molecule has 0 aromatic carbocycles. The summed E-state index contributed by atoms with van der Waals surface area (Å²) in [7, 11) is 1.65. The molecule has 0 unspecified atom stereocenters. The molecule has 0 fully saturated rings. The van der Waals surface area contributed by atoms with E-state index in [0.717, 1.165) is 0 Å². The maximum absolute atomic E-state index is 10.4. The molecule has 1 rings (SSSR count). The van der Waals surface area contributed by atoms with Crippen molar-refractivity contribution >= 4 is 27.7 Å². The van der Waals surface area contributed by atoms with E-state index in [1.54, 1.807) is 7.05 Å². The van der Waals surface area contributed by atoms with Gasteiger partial charge in [0.25, 0.3) is 0 Å². The van der Waals surface area contributed by atoms with Crippen molar-refractivity contribution in [1.82, 2.24) is 9.78 Å². The van der Waals surface area contributed by atoms with Crippen molar-refractivity contribution in [3.63, 3.8) is 0 Å². The third kappa shape index (κ3) is 1.58. The highest BCUT2D eigenvalue weighted by Gasteiger charge is 2.13. The topological polar surface area (TPSA) is 81.1 Å². The van der Waals surface area contributed by atoms with Crippen LogP contribution in [0.3, 0.4) is 0 Å². The van der Waals surface area contributed by atoms with E-state index in [0.29, 0.717) is 16.0 Å². The Morgan fingerprint density at radius 1 is 1.83 bits per heavy atom. The second kappa shape index (κ2) is 3.14. The number of hydrogen-bond donors (Lipinski definition) is 2. The molecule has 0 aliphatic heterocycles. The number of nitrogens with two attached hydrogens (primary N) is 1. The molecule has 0 radical (unpaired) electrons. The van der Waals surface area contributed by atoms with Crippen LogP contribution in [0, 0.1) is 0 Å². The van der Waals surface area contributed by atoms with E-state index in [1.807, 2.05) is 0 Å². The fraction of sp³-hybridized carbons (Fsp3) is 0.333. The number of carboxylic acid groups (broad SMARTS) is 1. The molecule has 0 bridgehead atoms. The van der Waals surface area contributed by atoms with Crippen LogP contribution < -0.4 is 5.73 Å². The van der Waals surface area contributed by atoms with Gasteiger partial charge in [0, 0.05) is 7.05 Å². The van der Waals surface area contributed by atoms with Crippen LogP contribution in [0.1, 0.15) is 5.69 Å². The van der Waals surface area contributed by atoms with E-state index < -0.39 is 5.97 Å². The van der Waals surface area contributed by atoms with E-state index >= 15 is 0 Å². The van der Waals surface area contributed by atoms with Crippen molar-refractivity contribution in [3.8, 4) is 0 Å². The Balaban J connectivity index is 3.05. The summed E-state index contributed by atoms with van der Waals surface area (Å²) >= 11 is 3.16. The number of aliphatic carboxylic acids is 1. The van der Waals surface area contributed by atoms with Crippen LogP contribution in [-0.2, 0) is 18.3 Å². The van der Waals surface area contributed by atoms with Crippen LogP contribution in [0.2, 0.25) is 0 Å². The Morgan fingerprint density at radius 2 is 2.42 bits per heavy atom. The molecule has 1 aromatic heterocycles. The highest BCUT2D eigenvalue weighted by molar-refractivity contribution is 9.10. The van der Waals surface area contributed by atoms with Gasteiger partial charge in [-0.3, -0.25) is 9.48 Å². The second-order valence-corrected chi connectivity index (χ2v) is 3.13. The molecule has 1 heterocycles. The minimum Gasteiger partial charge on any atom is -0.481 e. The van der Waals surface area contributed by atoms with Crippen molar-refractivity contribution in [2.24, 2.45) is 7.05 Å². The molecule has 0 saturated carbocycles. The summed E-state index contributed by atoms with van der Waals surface area (Å²) in [4.78, 5) is 10.4. The average molecular weight is 234 g/mol. The molecule has 3 N–H and O–H groups in total. The SMILES string of the molecule is Cn1nc(N)c(Br)c1CC(=O)O. The van der Waals surface area contributed by atoms with Crippen molar-refractivity contribution in [2.75, 3.05) is 5.73 Å². The fourth-order valence-corrected chi connectivity index (χ4v) is 1.37. The van der Waals surface area contributed by atoms with Crippen molar-refractivity contribution < 1.29 is 9.90 Å². The van der Waals surface area contributed by atoms with E-state index in [1.165, 1.54) is 4.68 Å². The monoisotopic (exact) mass is 233 g/mol. The normalized spacial score (nSPS) is 10.2. The molecule has 6 heteroatoms. The Hall–Kier alpha value is -1.04. The number of halogens is 1. The minimum atomic E-state index is -0.904. The number of hydrogen-bond acceptors (Lipinski definition) is 3. The average Bonchev–Trinajstić information content (AvgIpc) is 2.16. The first-order chi connectivity index (χ1) is 5.52. The zero-order valence-electron chi connectivity index (χ0n) is 6.41. The molecular formula is C6H8BrN3O2. The molecule has 0 spiro atoms. The second-order valence-electron chi connectivity index (χ2n) is 2.34. The van der Waals surface area contributed by atoms with Gasteiger partial charge in [-0.1, -0.05) is 0 Å². The van der Waals surface area contributed by atoms with Crippen LogP contribution in [-0.4, -0.2) is 20.9 Å². The van der Waals surface area contributed by atoms with E-state index in [9.17, 15) is 4.79 Å². The molecule has 0 aliphatic carbocycles. The predicted octanol–water partition coefficient (Wildman–Crippen LogP) is 0.392. The van der Waals surface area contributed by atoms with Gasteiger partial charge in [-0.05, 0) is 15.9 Å².